The molecule has 0 bridgehead atoms. The number of nitrogens with zero attached hydrogens (tertiary/aromatic N) is 4. The molecular weight excluding hydrogens is 271 g/mol. The Morgan fingerprint density at radius 3 is 2.24 bits per heavy atom. The lowest BCUT2D eigenvalue weighted by Crippen LogP contribution is -2.49. The first-order chi connectivity index (χ1) is 10.2. The summed E-state index contributed by atoms with van der Waals surface area (Å²) in [6, 6.07) is 7.43. The van der Waals surface area contributed by atoms with Gasteiger partial charge in [-0.1, -0.05) is 0 Å². The van der Waals surface area contributed by atoms with Gasteiger partial charge in [-0.3, -0.25) is 4.79 Å². The Morgan fingerprint density at radius 1 is 1.00 bits per heavy atom. The van der Waals surface area contributed by atoms with Crippen LogP contribution in [0.2, 0.25) is 0 Å². The highest BCUT2D eigenvalue weighted by Gasteiger charge is 2.23. The number of carbonyl (C=O) groups excluding carboxylic acids is 1. The van der Waals surface area contributed by atoms with E-state index in [1.807, 2.05) is 0 Å². The number of benzene rings is 1. The van der Waals surface area contributed by atoms with Gasteiger partial charge in [0.2, 0.25) is 5.95 Å². The summed E-state index contributed by atoms with van der Waals surface area (Å²) >= 11 is 0. The average Bonchev–Trinajstić information content (AvgIpc) is 2.56. The fourth-order valence-corrected chi connectivity index (χ4v) is 2.34. The molecule has 0 saturated carbocycles. The van der Waals surface area contributed by atoms with Crippen LogP contribution < -0.4 is 4.90 Å². The summed E-state index contributed by atoms with van der Waals surface area (Å²) in [6.07, 6.45) is 3.41. The van der Waals surface area contributed by atoms with Crippen molar-refractivity contribution in [3.05, 3.63) is 54.1 Å². The van der Waals surface area contributed by atoms with Crippen LogP contribution in [0.1, 0.15) is 10.4 Å². The molecule has 1 aromatic carbocycles. The molecule has 1 saturated heterocycles. The maximum atomic E-state index is 12.9. The van der Waals surface area contributed by atoms with Crippen LogP contribution in [0, 0.1) is 5.82 Å². The molecule has 0 unspecified atom stereocenters. The topological polar surface area (TPSA) is 49.3 Å². The number of anilines is 1. The summed E-state index contributed by atoms with van der Waals surface area (Å²) in [5.74, 6) is 0.285. The van der Waals surface area contributed by atoms with Crippen molar-refractivity contribution in [1.82, 2.24) is 14.9 Å². The minimum absolute atomic E-state index is 0.0661. The van der Waals surface area contributed by atoms with Gasteiger partial charge in [0.05, 0.1) is 0 Å². The van der Waals surface area contributed by atoms with E-state index in [2.05, 4.69) is 14.9 Å². The standard InChI is InChI=1S/C15H15FN4O/c16-13-4-2-12(3-5-13)14(21)19-8-10-20(11-9-19)15-17-6-1-7-18-15/h1-7H,8-11H2. The van der Waals surface area contributed by atoms with E-state index < -0.39 is 0 Å². The van der Waals surface area contributed by atoms with E-state index in [-0.39, 0.29) is 11.7 Å². The van der Waals surface area contributed by atoms with Crippen molar-refractivity contribution in [3.8, 4) is 0 Å². The van der Waals surface area contributed by atoms with Crippen LogP contribution in [0.15, 0.2) is 42.7 Å². The maximum absolute atomic E-state index is 12.9. The van der Waals surface area contributed by atoms with Crippen molar-refractivity contribution in [1.29, 1.82) is 0 Å². The highest BCUT2D eigenvalue weighted by atomic mass is 19.1. The molecule has 108 valence electrons. The smallest absolute Gasteiger partial charge is 0.253 e. The molecule has 1 aromatic heterocycles. The molecule has 6 heteroatoms. The Hall–Kier alpha value is -2.50. The molecule has 1 aliphatic rings. The maximum Gasteiger partial charge on any atom is 0.253 e. The van der Waals surface area contributed by atoms with Crippen LogP contribution in [0.3, 0.4) is 0 Å². The first kappa shape index (κ1) is 13.5. The second kappa shape index (κ2) is 5.87. The van der Waals surface area contributed by atoms with Crippen molar-refractivity contribution < 1.29 is 9.18 Å². The van der Waals surface area contributed by atoms with Crippen molar-refractivity contribution in [2.24, 2.45) is 0 Å². The second-order valence-electron chi connectivity index (χ2n) is 4.83. The van der Waals surface area contributed by atoms with Crippen LogP contribution in [0.25, 0.3) is 0 Å². The van der Waals surface area contributed by atoms with Gasteiger partial charge in [-0.25, -0.2) is 14.4 Å². The normalized spacial score (nSPS) is 15.1. The van der Waals surface area contributed by atoms with Gasteiger partial charge in [-0.2, -0.15) is 0 Å². The van der Waals surface area contributed by atoms with Crippen molar-refractivity contribution in [2.75, 3.05) is 31.1 Å². The largest absolute Gasteiger partial charge is 0.337 e. The van der Waals surface area contributed by atoms with Crippen molar-refractivity contribution in [3.63, 3.8) is 0 Å². The molecule has 1 amide bonds. The Labute approximate surface area is 122 Å². The van der Waals surface area contributed by atoms with Crippen LogP contribution in [-0.2, 0) is 0 Å². The molecule has 0 radical (unpaired) electrons. The fourth-order valence-electron chi connectivity index (χ4n) is 2.34. The van der Waals surface area contributed by atoms with Gasteiger partial charge in [-0.15, -0.1) is 0 Å². The summed E-state index contributed by atoms with van der Waals surface area (Å²) in [5, 5.41) is 0. The molecule has 2 heterocycles. The molecular formula is C15H15FN4O. The van der Waals surface area contributed by atoms with E-state index in [0.717, 1.165) is 0 Å². The summed E-state index contributed by atoms with van der Waals surface area (Å²) in [4.78, 5) is 24.5. The van der Waals surface area contributed by atoms with Crippen molar-refractivity contribution in [2.45, 2.75) is 0 Å². The Morgan fingerprint density at radius 2 is 1.62 bits per heavy atom. The lowest BCUT2D eigenvalue weighted by molar-refractivity contribution is 0.0746. The number of piperazine rings is 1. The quantitative estimate of drug-likeness (QED) is 0.841. The predicted molar refractivity (Wildman–Crippen MR) is 76.5 cm³/mol. The first-order valence-electron chi connectivity index (χ1n) is 6.81. The van der Waals surface area contributed by atoms with E-state index in [9.17, 15) is 9.18 Å². The van der Waals surface area contributed by atoms with Gasteiger partial charge < -0.3 is 9.80 Å². The van der Waals surface area contributed by atoms with E-state index in [4.69, 9.17) is 0 Å². The molecule has 0 spiro atoms. The summed E-state index contributed by atoms with van der Waals surface area (Å²) in [5.41, 5.74) is 0.515. The van der Waals surface area contributed by atoms with Gasteiger partial charge in [0.1, 0.15) is 5.82 Å². The molecule has 21 heavy (non-hydrogen) atoms. The molecule has 0 aliphatic carbocycles. The third-order valence-electron chi connectivity index (χ3n) is 3.49. The lowest BCUT2D eigenvalue weighted by Gasteiger charge is -2.34. The van der Waals surface area contributed by atoms with E-state index in [0.29, 0.717) is 37.7 Å². The highest BCUT2D eigenvalue weighted by molar-refractivity contribution is 5.94. The average molecular weight is 286 g/mol. The summed E-state index contributed by atoms with van der Waals surface area (Å²) < 4.78 is 12.9. The van der Waals surface area contributed by atoms with Gasteiger partial charge >= 0.3 is 0 Å². The second-order valence-corrected chi connectivity index (χ2v) is 4.83. The van der Waals surface area contributed by atoms with E-state index in [1.165, 1.54) is 24.3 Å². The van der Waals surface area contributed by atoms with Crippen LogP contribution in [0.4, 0.5) is 10.3 Å². The number of hydrogen-bond acceptors (Lipinski definition) is 4. The molecule has 5 nitrogen and oxygen atoms in total. The van der Waals surface area contributed by atoms with Crippen molar-refractivity contribution >= 4 is 11.9 Å². The summed E-state index contributed by atoms with van der Waals surface area (Å²) in [7, 11) is 0. The van der Waals surface area contributed by atoms with Crippen LogP contribution in [-0.4, -0.2) is 47.0 Å². The molecule has 0 N–H and O–H groups in total. The molecule has 2 aromatic rings. The van der Waals surface area contributed by atoms with E-state index in [1.54, 1.807) is 23.4 Å². The zero-order valence-corrected chi connectivity index (χ0v) is 11.4. The predicted octanol–water partition coefficient (Wildman–Crippen LogP) is 1.58. The zero-order valence-electron chi connectivity index (χ0n) is 11.4. The number of aromatic nitrogens is 2. The fraction of sp³-hybridized carbons (Fsp3) is 0.267. The Balaban J connectivity index is 1.63. The van der Waals surface area contributed by atoms with Gasteiger partial charge in [0.15, 0.2) is 0 Å². The Bertz CT molecular complexity index is 609. The minimum atomic E-state index is -0.336. The number of carbonyl (C=O) groups is 1. The van der Waals surface area contributed by atoms with Crippen LogP contribution in [0.5, 0.6) is 0 Å². The first-order valence-corrected chi connectivity index (χ1v) is 6.81. The number of hydrogen-bond donors (Lipinski definition) is 0. The molecule has 1 fully saturated rings. The molecule has 3 rings (SSSR count). The third kappa shape index (κ3) is 2.99. The molecule has 0 atom stereocenters. The van der Waals surface area contributed by atoms with Gasteiger partial charge in [0.25, 0.3) is 5.91 Å². The number of halogens is 1. The lowest BCUT2D eigenvalue weighted by atomic mass is 10.2. The third-order valence-corrected chi connectivity index (χ3v) is 3.49. The van der Waals surface area contributed by atoms with Crippen LogP contribution >= 0.6 is 0 Å². The molecule has 1 aliphatic heterocycles. The summed E-state index contributed by atoms with van der Waals surface area (Å²) in [6.45, 7) is 2.59. The van der Waals surface area contributed by atoms with Gasteiger partial charge in [0, 0.05) is 44.1 Å². The SMILES string of the molecule is O=C(c1ccc(F)cc1)N1CCN(c2ncccn2)CC1. The van der Waals surface area contributed by atoms with Gasteiger partial charge in [-0.05, 0) is 30.3 Å². The van der Waals surface area contributed by atoms with E-state index >= 15 is 0 Å². The number of amides is 1. The number of rotatable bonds is 2. The highest BCUT2D eigenvalue weighted by Crippen LogP contribution is 2.13. The Kier molecular flexibility index (Phi) is 3.77. The monoisotopic (exact) mass is 286 g/mol. The zero-order chi connectivity index (χ0) is 14.7. The minimum Gasteiger partial charge on any atom is -0.337 e.